The summed E-state index contributed by atoms with van der Waals surface area (Å²) in [6.45, 7) is 0.395. The van der Waals surface area contributed by atoms with Gasteiger partial charge in [0.2, 0.25) is 5.91 Å². The predicted octanol–water partition coefficient (Wildman–Crippen LogP) is -0.0543. The molecule has 1 aromatic heterocycles. The van der Waals surface area contributed by atoms with E-state index >= 15 is 0 Å². The molecule has 0 aliphatic rings. The van der Waals surface area contributed by atoms with E-state index in [2.05, 4.69) is 10.3 Å². The largest absolute Gasteiger partial charge is 0.544 e. The Morgan fingerprint density at radius 3 is 2.70 bits per heavy atom. The Kier molecular flexibility index (Phi) is 6.08. The van der Waals surface area contributed by atoms with E-state index in [9.17, 15) is 14.7 Å². The number of pyridine rings is 1. The zero-order valence-electron chi connectivity index (χ0n) is 12.2. The molecule has 0 radical (unpaired) electrons. The minimum atomic E-state index is -1.29. The zero-order valence-corrected chi connectivity index (χ0v) is 13.0. The van der Waals surface area contributed by atoms with Crippen molar-refractivity contribution in [1.29, 1.82) is 0 Å². The number of hydrogen-bond acceptors (Lipinski definition) is 4. The molecule has 120 valence electrons. The molecule has 0 spiro atoms. The Morgan fingerprint density at radius 2 is 2.04 bits per heavy atom. The number of halogens is 1. The second-order valence-electron chi connectivity index (χ2n) is 4.96. The first-order valence-electron chi connectivity index (χ1n) is 7.03. The highest BCUT2D eigenvalue weighted by molar-refractivity contribution is 6.33. The van der Waals surface area contributed by atoms with Gasteiger partial charge in [-0.15, -0.1) is 0 Å². The van der Waals surface area contributed by atoms with Crippen molar-refractivity contribution >= 4 is 29.2 Å². The van der Waals surface area contributed by atoms with Crippen LogP contribution < -0.4 is 15.7 Å². The van der Waals surface area contributed by atoms with Crippen LogP contribution in [0.4, 0.5) is 5.69 Å². The number of carbonyl (C=O) groups is 2. The van der Waals surface area contributed by atoms with Crippen LogP contribution in [0.15, 0.2) is 48.8 Å². The van der Waals surface area contributed by atoms with Crippen molar-refractivity contribution in [2.45, 2.75) is 19.0 Å². The standard InChI is InChI=1S/C16H16ClN3O3/c17-12-5-1-2-6-13(12)20-15(21)8-14(16(22)23)19-10-11-4-3-7-18-9-11/h1-7,9,14,19H,8,10H2,(H,20,21)(H,22,23)/t14-/m1/s1. The topological polar surface area (TPSA) is 98.7 Å². The Balaban J connectivity index is 1.92. The summed E-state index contributed by atoms with van der Waals surface area (Å²) in [5.41, 5.74) is 1.31. The summed E-state index contributed by atoms with van der Waals surface area (Å²) >= 11 is 5.95. The number of nitrogens with two attached hydrogens (primary N) is 1. The van der Waals surface area contributed by atoms with Gasteiger partial charge in [-0.05, 0) is 18.2 Å². The number of hydrogen-bond donors (Lipinski definition) is 2. The average Bonchev–Trinajstić information content (AvgIpc) is 2.54. The summed E-state index contributed by atoms with van der Waals surface area (Å²) in [6, 6.07) is 9.37. The van der Waals surface area contributed by atoms with Gasteiger partial charge in [0.15, 0.2) is 0 Å². The predicted molar refractivity (Wildman–Crippen MR) is 83.4 cm³/mol. The lowest BCUT2D eigenvalue weighted by Gasteiger charge is -2.16. The lowest BCUT2D eigenvalue weighted by Crippen LogP contribution is -2.92. The monoisotopic (exact) mass is 333 g/mol. The number of nitrogens with zero attached hydrogens (tertiary/aromatic N) is 1. The van der Waals surface area contributed by atoms with Gasteiger partial charge in [0.25, 0.3) is 0 Å². The highest BCUT2D eigenvalue weighted by Gasteiger charge is 2.19. The number of anilines is 1. The van der Waals surface area contributed by atoms with Crippen LogP contribution in [0, 0.1) is 0 Å². The first-order chi connectivity index (χ1) is 11.1. The molecule has 1 atom stereocenters. The summed E-state index contributed by atoms with van der Waals surface area (Å²) in [6.07, 6.45) is 3.07. The summed E-state index contributed by atoms with van der Waals surface area (Å²) in [7, 11) is 0. The minimum absolute atomic E-state index is 0.214. The maximum absolute atomic E-state index is 12.0. The number of rotatable bonds is 7. The van der Waals surface area contributed by atoms with Crippen LogP contribution in [-0.2, 0) is 16.1 Å². The first-order valence-corrected chi connectivity index (χ1v) is 7.41. The number of amides is 1. The SMILES string of the molecule is O=C(C[C@@H]([NH2+]Cc1cccnc1)C(=O)[O-])Nc1ccccc1Cl. The van der Waals surface area contributed by atoms with E-state index < -0.39 is 17.9 Å². The highest BCUT2D eigenvalue weighted by atomic mass is 35.5. The van der Waals surface area contributed by atoms with Crippen molar-refractivity contribution in [2.75, 3.05) is 5.32 Å². The fourth-order valence-corrected chi connectivity index (χ4v) is 2.21. The van der Waals surface area contributed by atoms with Gasteiger partial charge >= 0.3 is 0 Å². The van der Waals surface area contributed by atoms with Gasteiger partial charge in [-0.1, -0.05) is 29.8 Å². The van der Waals surface area contributed by atoms with Crippen LogP contribution >= 0.6 is 11.6 Å². The lowest BCUT2D eigenvalue weighted by molar-refractivity contribution is -0.697. The molecular weight excluding hydrogens is 318 g/mol. The van der Waals surface area contributed by atoms with E-state index in [4.69, 9.17) is 11.6 Å². The van der Waals surface area contributed by atoms with Crippen molar-refractivity contribution in [2.24, 2.45) is 0 Å². The molecule has 0 bridgehead atoms. The van der Waals surface area contributed by atoms with E-state index in [0.717, 1.165) is 5.56 Å². The van der Waals surface area contributed by atoms with Crippen molar-refractivity contribution < 1.29 is 20.0 Å². The lowest BCUT2D eigenvalue weighted by atomic mass is 10.1. The highest BCUT2D eigenvalue weighted by Crippen LogP contribution is 2.20. The molecule has 0 saturated carbocycles. The molecule has 0 aliphatic carbocycles. The smallest absolute Gasteiger partial charge is 0.230 e. The van der Waals surface area contributed by atoms with Gasteiger partial charge in [-0.3, -0.25) is 9.78 Å². The van der Waals surface area contributed by atoms with Crippen LogP contribution in [0.1, 0.15) is 12.0 Å². The van der Waals surface area contributed by atoms with Crippen molar-refractivity contribution in [3.8, 4) is 0 Å². The number of quaternary nitrogens is 1. The molecular formula is C16H16ClN3O3. The molecule has 0 aliphatic heterocycles. The van der Waals surface area contributed by atoms with Gasteiger partial charge < -0.3 is 20.5 Å². The zero-order chi connectivity index (χ0) is 16.7. The number of carbonyl (C=O) groups excluding carboxylic acids is 2. The van der Waals surface area contributed by atoms with Crippen LogP contribution in [-0.4, -0.2) is 22.9 Å². The van der Waals surface area contributed by atoms with Crippen LogP contribution in [0.5, 0.6) is 0 Å². The fourth-order valence-electron chi connectivity index (χ4n) is 2.02. The van der Waals surface area contributed by atoms with Crippen molar-refractivity contribution in [3.63, 3.8) is 0 Å². The van der Waals surface area contributed by atoms with Gasteiger partial charge in [0.1, 0.15) is 12.6 Å². The number of aliphatic carboxylic acids is 1. The van der Waals surface area contributed by atoms with E-state index in [1.165, 1.54) is 0 Å². The Morgan fingerprint density at radius 1 is 1.26 bits per heavy atom. The third-order valence-electron chi connectivity index (χ3n) is 3.22. The normalized spacial score (nSPS) is 11.7. The molecule has 3 N–H and O–H groups in total. The summed E-state index contributed by atoms with van der Waals surface area (Å²) < 4.78 is 0. The number of benzene rings is 1. The molecule has 1 amide bonds. The van der Waals surface area contributed by atoms with Crippen molar-refractivity contribution in [1.82, 2.24) is 4.98 Å². The molecule has 7 heteroatoms. The third-order valence-corrected chi connectivity index (χ3v) is 3.55. The number of carboxylic acid groups (broad SMARTS) is 1. The number of carboxylic acids is 1. The molecule has 6 nitrogen and oxygen atoms in total. The van der Waals surface area contributed by atoms with Gasteiger partial charge in [-0.2, -0.15) is 0 Å². The van der Waals surface area contributed by atoms with Crippen molar-refractivity contribution in [3.05, 3.63) is 59.4 Å². The van der Waals surface area contributed by atoms with E-state index in [-0.39, 0.29) is 6.42 Å². The average molecular weight is 334 g/mol. The van der Waals surface area contributed by atoms with Gasteiger partial charge in [0.05, 0.1) is 23.1 Å². The molecule has 2 rings (SSSR count). The maximum atomic E-state index is 12.0. The maximum Gasteiger partial charge on any atom is 0.230 e. The van der Waals surface area contributed by atoms with Crippen LogP contribution in [0.25, 0.3) is 0 Å². The Hall–Kier alpha value is -2.44. The molecule has 1 aromatic carbocycles. The van der Waals surface area contributed by atoms with Crippen LogP contribution in [0.2, 0.25) is 5.02 Å². The van der Waals surface area contributed by atoms with Crippen LogP contribution in [0.3, 0.4) is 0 Å². The Labute approximate surface area is 138 Å². The molecule has 0 fully saturated rings. The van der Waals surface area contributed by atoms with E-state index in [1.54, 1.807) is 48.0 Å². The fraction of sp³-hybridized carbons (Fsp3) is 0.188. The summed E-state index contributed by atoms with van der Waals surface area (Å²) in [5.74, 6) is -1.72. The molecule has 0 saturated heterocycles. The third kappa shape index (κ3) is 5.36. The quantitative estimate of drug-likeness (QED) is 0.742. The molecule has 23 heavy (non-hydrogen) atoms. The molecule has 0 unspecified atom stereocenters. The number of nitrogens with one attached hydrogen (secondary N) is 1. The van der Waals surface area contributed by atoms with Gasteiger partial charge in [-0.25, -0.2) is 0 Å². The second kappa shape index (κ2) is 8.26. The number of para-hydroxylation sites is 1. The van der Waals surface area contributed by atoms with Gasteiger partial charge in [0, 0.05) is 18.0 Å². The van der Waals surface area contributed by atoms with E-state index in [1.807, 2.05) is 6.07 Å². The summed E-state index contributed by atoms with van der Waals surface area (Å²) in [4.78, 5) is 27.2. The molecule has 2 aromatic rings. The summed E-state index contributed by atoms with van der Waals surface area (Å²) in [5, 5.41) is 15.7. The Bertz CT molecular complexity index is 679. The molecule has 1 heterocycles. The first kappa shape index (κ1) is 16.9. The minimum Gasteiger partial charge on any atom is -0.544 e. The second-order valence-corrected chi connectivity index (χ2v) is 5.37. The number of aromatic nitrogens is 1. The van der Waals surface area contributed by atoms with E-state index in [0.29, 0.717) is 17.3 Å².